The Balaban J connectivity index is 1.84. The van der Waals surface area contributed by atoms with Crippen molar-refractivity contribution in [1.82, 2.24) is 20.1 Å². The molecular formula is C15H27N5O3S. The van der Waals surface area contributed by atoms with Crippen molar-refractivity contribution in [3.05, 3.63) is 17.0 Å². The van der Waals surface area contributed by atoms with Crippen molar-refractivity contribution in [2.24, 2.45) is 4.99 Å². The molecule has 0 spiro atoms. The Morgan fingerprint density at radius 1 is 1.33 bits per heavy atom. The van der Waals surface area contributed by atoms with Crippen LogP contribution < -0.4 is 10.6 Å². The molecule has 0 atom stereocenters. The monoisotopic (exact) mass is 357 g/mol. The van der Waals surface area contributed by atoms with Crippen LogP contribution in [0, 0.1) is 0 Å². The van der Waals surface area contributed by atoms with Gasteiger partial charge in [-0.2, -0.15) is 0 Å². The molecule has 0 bridgehead atoms. The van der Waals surface area contributed by atoms with Crippen LogP contribution in [0.15, 0.2) is 9.52 Å². The third kappa shape index (κ3) is 4.47. The van der Waals surface area contributed by atoms with E-state index in [0.29, 0.717) is 38.6 Å². The van der Waals surface area contributed by atoms with Gasteiger partial charge in [-0.3, -0.25) is 4.99 Å². The van der Waals surface area contributed by atoms with Gasteiger partial charge in [0.1, 0.15) is 5.76 Å². The van der Waals surface area contributed by atoms with Crippen molar-refractivity contribution in [3.63, 3.8) is 0 Å². The predicted molar refractivity (Wildman–Crippen MR) is 93.4 cm³/mol. The number of aryl methyl sites for hydroxylation is 2. The average molecular weight is 357 g/mol. The molecule has 1 aliphatic rings. The number of hydrogen-bond acceptors (Lipinski definition) is 5. The highest BCUT2D eigenvalue weighted by atomic mass is 32.2. The van der Waals surface area contributed by atoms with Crippen LogP contribution in [0.5, 0.6) is 0 Å². The molecule has 2 heterocycles. The van der Waals surface area contributed by atoms with Gasteiger partial charge in [-0.25, -0.2) is 12.7 Å². The molecule has 0 radical (unpaired) electrons. The maximum absolute atomic E-state index is 11.8. The second-order valence-electron chi connectivity index (χ2n) is 5.66. The first-order chi connectivity index (χ1) is 11.5. The molecule has 1 aliphatic heterocycles. The molecule has 136 valence electrons. The smallest absolute Gasteiger partial charge is 0.214 e. The number of nitrogens with one attached hydrogen (secondary N) is 2. The van der Waals surface area contributed by atoms with Crippen molar-refractivity contribution in [2.75, 3.05) is 32.4 Å². The van der Waals surface area contributed by atoms with Gasteiger partial charge in [-0.1, -0.05) is 19.0 Å². The summed E-state index contributed by atoms with van der Waals surface area (Å²) < 4.78 is 30.4. The molecule has 0 aromatic carbocycles. The number of guanidine groups is 1. The lowest BCUT2D eigenvalue weighted by atomic mass is 10.1. The summed E-state index contributed by atoms with van der Waals surface area (Å²) in [6.45, 7) is 6.24. The van der Waals surface area contributed by atoms with E-state index >= 15 is 0 Å². The first-order valence-corrected chi connectivity index (χ1v) is 10.0. The van der Waals surface area contributed by atoms with Crippen molar-refractivity contribution in [3.8, 4) is 0 Å². The van der Waals surface area contributed by atoms with E-state index < -0.39 is 10.0 Å². The molecule has 24 heavy (non-hydrogen) atoms. The number of aromatic nitrogens is 1. The van der Waals surface area contributed by atoms with Crippen LogP contribution in [0.1, 0.15) is 37.3 Å². The highest BCUT2D eigenvalue weighted by Gasteiger charge is 2.27. The standard InChI is InChI=1S/C15H27N5O3S/c1-4-13-12(14(5-2)23-19-13)11-18-15(16-3)17-7-9-20-8-6-10-24(20,21)22/h4-11H2,1-3H3,(H2,16,17,18). The van der Waals surface area contributed by atoms with Crippen molar-refractivity contribution < 1.29 is 12.9 Å². The van der Waals surface area contributed by atoms with E-state index in [-0.39, 0.29) is 5.75 Å². The van der Waals surface area contributed by atoms with Crippen molar-refractivity contribution in [1.29, 1.82) is 0 Å². The highest BCUT2D eigenvalue weighted by Crippen LogP contribution is 2.15. The molecule has 9 heteroatoms. The molecule has 1 aromatic heterocycles. The lowest BCUT2D eigenvalue weighted by Gasteiger charge is -2.16. The van der Waals surface area contributed by atoms with E-state index in [1.165, 1.54) is 4.31 Å². The number of aliphatic imine (C=N–C) groups is 1. The molecule has 1 aromatic rings. The molecule has 0 saturated carbocycles. The Bertz CT molecular complexity index is 647. The van der Waals surface area contributed by atoms with Crippen molar-refractivity contribution >= 4 is 16.0 Å². The third-order valence-electron chi connectivity index (χ3n) is 4.12. The van der Waals surface area contributed by atoms with E-state index in [9.17, 15) is 8.42 Å². The Morgan fingerprint density at radius 2 is 2.12 bits per heavy atom. The Labute approximate surface area is 143 Å². The maximum atomic E-state index is 11.8. The predicted octanol–water partition coefficient (Wildman–Crippen LogP) is 0.500. The van der Waals surface area contributed by atoms with E-state index in [2.05, 4.69) is 20.8 Å². The summed E-state index contributed by atoms with van der Waals surface area (Å²) in [5, 5.41) is 10.5. The summed E-state index contributed by atoms with van der Waals surface area (Å²) >= 11 is 0. The molecular weight excluding hydrogens is 330 g/mol. The minimum Gasteiger partial charge on any atom is -0.361 e. The number of rotatable bonds is 7. The van der Waals surface area contributed by atoms with Crippen LogP contribution in [0.2, 0.25) is 0 Å². The summed E-state index contributed by atoms with van der Waals surface area (Å²) in [5.74, 6) is 1.78. The minimum absolute atomic E-state index is 0.257. The molecule has 1 fully saturated rings. The summed E-state index contributed by atoms with van der Waals surface area (Å²) in [5.41, 5.74) is 2.03. The van der Waals surface area contributed by atoms with Gasteiger partial charge in [0.25, 0.3) is 0 Å². The summed E-state index contributed by atoms with van der Waals surface area (Å²) in [4.78, 5) is 4.17. The van der Waals surface area contributed by atoms with Gasteiger partial charge in [0.2, 0.25) is 10.0 Å². The van der Waals surface area contributed by atoms with Gasteiger partial charge in [0, 0.05) is 45.2 Å². The van der Waals surface area contributed by atoms with Gasteiger partial charge in [-0.05, 0) is 12.8 Å². The van der Waals surface area contributed by atoms with Crippen LogP contribution in [-0.2, 0) is 29.4 Å². The largest absolute Gasteiger partial charge is 0.361 e. The molecule has 1 saturated heterocycles. The molecule has 0 amide bonds. The third-order valence-corrected chi connectivity index (χ3v) is 6.08. The zero-order valence-electron chi connectivity index (χ0n) is 14.6. The first-order valence-electron chi connectivity index (χ1n) is 8.40. The Morgan fingerprint density at radius 3 is 2.71 bits per heavy atom. The second kappa shape index (κ2) is 8.48. The molecule has 8 nitrogen and oxygen atoms in total. The lowest BCUT2D eigenvalue weighted by Crippen LogP contribution is -2.41. The van der Waals surface area contributed by atoms with Crippen LogP contribution in [-0.4, -0.2) is 56.3 Å². The normalized spacial score (nSPS) is 18.0. The minimum atomic E-state index is -3.05. The van der Waals surface area contributed by atoms with Gasteiger partial charge >= 0.3 is 0 Å². The second-order valence-corrected chi connectivity index (χ2v) is 7.75. The van der Waals surface area contributed by atoms with E-state index in [1.807, 2.05) is 13.8 Å². The van der Waals surface area contributed by atoms with Crippen LogP contribution in [0.4, 0.5) is 0 Å². The van der Waals surface area contributed by atoms with E-state index in [1.54, 1.807) is 7.05 Å². The SMILES string of the molecule is CCc1noc(CC)c1CNC(=NC)NCCN1CCCS1(=O)=O. The van der Waals surface area contributed by atoms with Gasteiger partial charge in [-0.15, -0.1) is 0 Å². The zero-order valence-corrected chi connectivity index (χ0v) is 15.4. The topological polar surface area (TPSA) is 99.8 Å². The zero-order chi connectivity index (χ0) is 17.6. The summed E-state index contributed by atoms with van der Waals surface area (Å²) in [6.07, 6.45) is 2.32. The average Bonchev–Trinajstić information content (AvgIpc) is 3.12. The Kier molecular flexibility index (Phi) is 6.61. The van der Waals surface area contributed by atoms with E-state index in [0.717, 1.165) is 29.9 Å². The number of hydrogen-bond donors (Lipinski definition) is 2. The van der Waals surface area contributed by atoms with Crippen molar-refractivity contribution in [2.45, 2.75) is 39.7 Å². The quantitative estimate of drug-likeness (QED) is 0.544. The highest BCUT2D eigenvalue weighted by molar-refractivity contribution is 7.89. The van der Waals surface area contributed by atoms with Crippen LogP contribution in [0.25, 0.3) is 0 Å². The summed E-state index contributed by atoms with van der Waals surface area (Å²) in [6, 6.07) is 0. The fourth-order valence-electron chi connectivity index (χ4n) is 2.77. The van der Waals surface area contributed by atoms with E-state index in [4.69, 9.17) is 4.52 Å². The fourth-order valence-corrected chi connectivity index (χ4v) is 4.30. The number of nitrogens with zero attached hydrogens (tertiary/aromatic N) is 3. The van der Waals surface area contributed by atoms with Crippen LogP contribution in [0.3, 0.4) is 0 Å². The molecule has 2 rings (SSSR count). The van der Waals surface area contributed by atoms with Crippen LogP contribution >= 0.6 is 0 Å². The molecule has 0 aliphatic carbocycles. The fraction of sp³-hybridized carbons (Fsp3) is 0.733. The number of sulfonamides is 1. The first kappa shape index (κ1) is 18.7. The van der Waals surface area contributed by atoms with Gasteiger partial charge in [0.05, 0.1) is 11.4 Å². The van der Waals surface area contributed by atoms with Gasteiger partial charge in [0.15, 0.2) is 5.96 Å². The Hall–Kier alpha value is -1.61. The molecule has 0 unspecified atom stereocenters. The lowest BCUT2D eigenvalue weighted by molar-refractivity contribution is 0.380. The van der Waals surface area contributed by atoms with Gasteiger partial charge < -0.3 is 15.2 Å². The maximum Gasteiger partial charge on any atom is 0.214 e. The summed E-state index contributed by atoms with van der Waals surface area (Å²) in [7, 11) is -1.35. The molecule has 2 N–H and O–H groups in total.